The summed E-state index contributed by atoms with van der Waals surface area (Å²) in [5.41, 5.74) is 1.61. The van der Waals surface area contributed by atoms with Crippen LogP contribution in [0.15, 0.2) is 59.5 Å². The van der Waals surface area contributed by atoms with Gasteiger partial charge < -0.3 is 20.4 Å². The molecule has 0 aliphatic rings. The summed E-state index contributed by atoms with van der Waals surface area (Å²) >= 11 is 0. The molecule has 0 saturated heterocycles. The van der Waals surface area contributed by atoms with Crippen LogP contribution in [0.1, 0.15) is 23.2 Å². The Kier molecular flexibility index (Phi) is 5.23. The zero-order chi connectivity index (χ0) is 18.4. The minimum absolute atomic E-state index is 0.153. The summed E-state index contributed by atoms with van der Waals surface area (Å²) in [5, 5.41) is 8.51. The van der Waals surface area contributed by atoms with Gasteiger partial charge in [0.2, 0.25) is 5.91 Å². The van der Waals surface area contributed by atoms with Crippen molar-refractivity contribution in [3.05, 3.63) is 66.5 Å². The van der Waals surface area contributed by atoms with E-state index < -0.39 is 0 Å². The number of amides is 2. The van der Waals surface area contributed by atoms with Crippen molar-refractivity contribution in [1.82, 2.24) is 15.3 Å². The van der Waals surface area contributed by atoms with Gasteiger partial charge in [0.05, 0.1) is 12.8 Å². The third-order valence-corrected chi connectivity index (χ3v) is 3.36. The lowest BCUT2D eigenvalue weighted by Crippen LogP contribution is -2.23. The van der Waals surface area contributed by atoms with Gasteiger partial charge in [0.25, 0.3) is 5.91 Å². The predicted molar refractivity (Wildman–Crippen MR) is 95.9 cm³/mol. The Balaban J connectivity index is 1.67. The first-order valence-corrected chi connectivity index (χ1v) is 7.87. The summed E-state index contributed by atoms with van der Waals surface area (Å²) in [6.45, 7) is 1.72. The SMILES string of the molecule is CC(=O)Nc1cccc(Nc2cc(C(=O)NCc3ccco3)ncn2)c1. The molecule has 0 bridgehead atoms. The third-order valence-electron chi connectivity index (χ3n) is 3.36. The smallest absolute Gasteiger partial charge is 0.270 e. The van der Waals surface area contributed by atoms with Crippen LogP contribution in [0.25, 0.3) is 0 Å². The molecule has 0 unspecified atom stereocenters. The van der Waals surface area contributed by atoms with E-state index >= 15 is 0 Å². The molecular formula is C18H17N5O3. The second-order valence-electron chi connectivity index (χ2n) is 5.44. The van der Waals surface area contributed by atoms with Crippen molar-refractivity contribution in [3.8, 4) is 0 Å². The summed E-state index contributed by atoms with van der Waals surface area (Å²) in [6, 6.07) is 12.2. The molecule has 1 aromatic carbocycles. The molecule has 0 atom stereocenters. The lowest BCUT2D eigenvalue weighted by Gasteiger charge is -2.09. The number of carbonyl (C=O) groups is 2. The van der Waals surface area contributed by atoms with E-state index in [1.165, 1.54) is 13.3 Å². The van der Waals surface area contributed by atoms with Crippen LogP contribution in [0.2, 0.25) is 0 Å². The van der Waals surface area contributed by atoms with E-state index in [1.54, 1.807) is 42.7 Å². The molecule has 0 radical (unpaired) electrons. The second kappa shape index (κ2) is 7.93. The minimum Gasteiger partial charge on any atom is -0.467 e. The Morgan fingerprint density at radius 1 is 1.08 bits per heavy atom. The normalized spacial score (nSPS) is 10.2. The van der Waals surface area contributed by atoms with Crippen LogP contribution in [0.5, 0.6) is 0 Å². The van der Waals surface area contributed by atoms with Crippen molar-refractivity contribution < 1.29 is 14.0 Å². The topological polar surface area (TPSA) is 109 Å². The maximum absolute atomic E-state index is 12.2. The molecule has 3 rings (SSSR count). The Morgan fingerprint density at radius 3 is 2.69 bits per heavy atom. The van der Waals surface area contributed by atoms with Gasteiger partial charge >= 0.3 is 0 Å². The largest absolute Gasteiger partial charge is 0.467 e. The van der Waals surface area contributed by atoms with Crippen molar-refractivity contribution in [2.45, 2.75) is 13.5 Å². The number of hydrogen-bond donors (Lipinski definition) is 3. The molecule has 8 heteroatoms. The molecule has 0 saturated carbocycles. The molecular weight excluding hydrogens is 334 g/mol. The van der Waals surface area contributed by atoms with Gasteiger partial charge in [-0.1, -0.05) is 6.07 Å². The molecule has 3 aromatic rings. The zero-order valence-corrected chi connectivity index (χ0v) is 14.0. The number of aromatic nitrogens is 2. The fraction of sp³-hybridized carbons (Fsp3) is 0.111. The van der Waals surface area contributed by atoms with Crippen molar-refractivity contribution >= 4 is 29.0 Å². The van der Waals surface area contributed by atoms with Crippen LogP contribution in [0.4, 0.5) is 17.2 Å². The van der Waals surface area contributed by atoms with Gasteiger partial charge in [0.15, 0.2) is 0 Å². The molecule has 26 heavy (non-hydrogen) atoms. The highest BCUT2D eigenvalue weighted by Crippen LogP contribution is 2.19. The molecule has 8 nitrogen and oxygen atoms in total. The molecule has 0 aliphatic heterocycles. The summed E-state index contributed by atoms with van der Waals surface area (Å²) < 4.78 is 5.17. The Bertz CT molecular complexity index is 909. The number of hydrogen-bond acceptors (Lipinski definition) is 6. The molecule has 2 heterocycles. The fourth-order valence-electron chi connectivity index (χ4n) is 2.25. The van der Waals surface area contributed by atoms with Crippen molar-refractivity contribution in [2.75, 3.05) is 10.6 Å². The van der Waals surface area contributed by atoms with Crippen molar-refractivity contribution in [3.63, 3.8) is 0 Å². The number of carbonyl (C=O) groups excluding carboxylic acids is 2. The highest BCUT2D eigenvalue weighted by molar-refractivity contribution is 5.93. The molecule has 2 amide bonds. The standard InChI is InChI=1S/C18H17N5O3/c1-12(24)22-13-4-2-5-14(8-13)23-17-9-16(20-11-21-17)18(25)19-10-15-6-3-7-26-15/h2-9,11H,10H2,1H3,(H,19,25)(H,22,24)(H,20,21,23). The molecule has 2 aromatic heterocycles. The monoisotopic (exact) mass is 351 g/mol. The second-order valence-corrected chi connectivity index (χ2v) is 5.44. The number of rotatable bonds is 6. The van der Waals surface area contributed by atoms with Crippen LogP contribution in [0.3, 0.4) is 0 Å². The predicted octanol–water partition coefficient (Wildman–Crippen LogP) is 2.70. The van der Waals surface area contributed by atoms with Crippen molar-refractivity contribution in [1.29, 1.82) is 0 Å². The van der Waals surface area contributed by atoms with Gasteiger partial charge in [0, 0.05) is 24.4 Å². The molecule has 3 N–H and O–H groups in total. The number of furan rings is 1. The number of benzene rings is 1. The summed E-state index contributed by atoms with van der Waals surface area (Å²) in [4.78, 5) is 31.4. The average molecular weight is 351 g/mol. The van der Waals surface area contributed by atoms with E-state index in [2.05, 4.69) is 25.9 Å². The van der Waals surface area contributed by atoms with Crippen molar-refractivity contribution in [2.24, 2.45) is 0 Å². The summed E-state index contributed by atoms with van der Waals surface area (Å²) in [5.74, 6) is 0.627. The van der Waals surface area contributed by atoms with Gasteiger partial charge in [-0.2, -0.15) is 0 Å². The Hall–Kier alpha value is -3.68. The van der Waals surface area contributed by atoms with Gasteiger partial charge in [-0.3, -0.25) is 9.59 Å². The van der Waals surface area contributed by atoms with Gasteiger partial charge in [-0.05, 0) is 30.3 Å². The Labute approximate surface area is 149 Å². The maximum Gasteiger partial charge on any atom is 0.270 e. The molecule has 0 fully saturated rings. The zero-order valence-electron chi connectivity index (χ0n) is 14.0. The summed E-state index contributed by atoms with van der Waals surface area (Å²) in [6.07, 6.45) is 2.85. The maximum atomic E-state index is 12.2. The first-order chi connectivity index (χ1) is 12.6. The van der Waals surface area contributed by atoms with Crippen LogP contribution < -0.4 is 16.0 Å². The van der Waals surface area contributed by atoms with Gasteiger partial charge in [0.1, 0.15) is 23.6 Å². The van der Waals surface area contributed by atoms with E-state index in [0.717, 1.165) is 5.69 Å². The minimum atomic E-state index is -0.334. The van der Waals surface area contributed by atoms with E-state index in [0.29, 0.717) is 17.3 Å². The number of nitrogens with zero attached hydrogens (tertiary/aromatic N) is 2. The molecule has 0 spiro atoms. The average Bonchev–Trinajstić information content (AvgIpc) is 3.13. The van der Waals surface area contributed by atoms with Crippen LogP contribution >= 0.6 is 0 Å². The van der Waals surface area contributed by atoms with Crippen LogP contribution in [-0.4, -0.2) is 21.8 Å². The van der Waals surface area contributed by atoms with E-state index in [9.17, 15) is 9.59 Å². The lowest BCUT2D eigenvalue weighted by molar-refractivity contribution is -0.114. The van der Waals surface area contributed by atoms with Crippen LogP contribution in [-0.2, 0) is 11.3 Å². The fourth-order valence-corrected chi connectivity index (χ4v) is 2.25. The quantitative estimate of drug-likeness (QED) is 0.630. The number of anilines is 3. The lowest BCUT2D eigenvalue weighted by atomic mass is 10.2. The van der Waals surface area contributed by atoms with E-state index in [-0.39, 0.29) is 24.1 Å². The molecule has 0 aliphatic carbocycles. The Morgan fingerprint density at radius 2 is 1.92 bits per heavy atom. The molecule has 132 valence electrons. The highest BCUT2D eigenvalue weighted by atomic mass is 16.3. The first kappa shape index (κ1) is 17.2. The first-order valence-electron chi connectivity index (χ1n) is 7.87. The highest BCUT2D eigenvalue weighted by Gasteiger charge is 2.09. The van der Waals surface area contributed by atoms with E-state index in [4.69, 9.17) is 4.42 Å². The van der Waals surface area contributed by atoms with Crippen LogP contribution in [0, 0.1) is 0 Å². The third kappa shape index (κ3) is 4.67. The van der Waals surface area contributed by atoms with Gasteiger partial charge in [-0.25, -0.2) is 9.97 Å². The van der Waals surface area contributed by atoms with E-state index in [1.807, 2.05) is 6.07 Å². The van der Waals surface area contributed by atoms with Gasteiger partial charge in [-0.15, -0.1) is 0 Å². The number of nitrogens with one attached hydrogen (secondary N) is 3. The summed E-state index contributed by atoms with van der Waals surface area (Å²) in [7, 11) is 0.